The van der Waals surface area contributed by atoms with Gasteiger partial charge < -0.3 is 11.1 Å². The monoisotopic (exact) mass is 241 g/mol. The lowest BCUT2D eigenvalue weighted by atomic mass is 10.1. The third-order valence-electron chi connectivity index (χ3n) is 2.74. The third kappa shape index (κ3) is 2.85. The molecule has 4 nitrogen and oxygen atoms in total. The number of carbonyl (C=O) groups excluding carboxylic acids is 1. The van der Waals surface area contributed by atoms with Crippen molar-refractivity contribution in [3.8, 4) is 0 Å². The van der Waals surface area contributed by atoms with Crippen molar-refractivity contribution in [2.75, 3.05) is 5.73 Å². The first-order valence-corrected chi connectivity index (χ1v) is 5.71. The number of hydrogen-bond acceptors (Lipinski definition) is 3. The minimum atomic E-state index is -0.146. The average molecular weight is 241 g/mol. The number of rotatable bonds is 3. The lowest BCUT2D eigenvalue weighted by Gasteiger charge is -2.08. The van der Waals surface area contributed by atoms with Gasteiger partial charge in [-0.1, -0.05) is 24.3 Å². The van der Waals surface area contributed by atoms with Crippen molar-refractivity contribution >= 4 is 11.7 Å². The molecule has 4 heteroatoms. The third-order valence-corrected chi connectivity index (χ3v) is 2.74. The predicted molar refractivity (Wildman–Crippen MR) is 71.0 cm³/mol. The van der Waals surface area contributed by atoms with Crippen molar-refractivity contribution in [2.24, 2.45) is 0 Å². The van der Waals surface area contributed by atoms with E-state index >= 15 is 0 Å². The van der Waals surface area contributed by atoms with E-state index in [1.165, 1.54) is 6.20 Å². The van der Waals surface area contributed by atoms with Gasteiger partial charge >= 0.3 is 0 Å². The quantitative estimate of drug-likeness (QED) is 0.862. The molecule has 2 aromatic rings. The van der Waals surface area contributed by atoms with Crippen molar-refractivity contribution in [3.63, 3.8) is 0 Å². The SMILES string of the molecule is Cc1ccccc1CNC(=O)c1ccnc(N)c1. The number of nitrogens with zero attached hydrogens (tertiary/aromatic N) is 1. The highest BCUT2D eigenvalue weighted by molar-refractivity contribution is 5.94. The molecular weight excluding hydrogens is 226 g/mol. The molecule has 0 spiro atoms. The molecular formula is C14H15N3O. The van der Waals surface area contributed by atoms with Crippen molar-refractivity contribution in [1.82, 2.24) is 10.3 Å². The van der Waals surface area contributed by atoms with Crippen LogP contribution in [0.25, 0.3) is 0 Å². The molecule has 18 heavy (non-hydrogen) atoms. The lowest BCUT2D eigenvalue weighted by molar-refractivity contribution is 0.0951. The fraction of sp³-hybridized carbons (Fsp3) is 0.143. The second-order valence-corrected chi connectivity index (χ2v) is 4.08. The first kappa shape index (κ1) is 12.1. The van der Waals surface area contributed by atoms with Gasteiger partial charge in [0.1, 0.15) is 5.82 Å². The summed E-state index contributed by atoms with van der Waals surface area (Å²) in [6.07, 6.45) is 1.53. The van der Waals surface area contributed by atoms with Gasteiger partial charge in [0, 0.05) is 18.3 Å². The first-order valence-electron chi connectivity index (χ1n) is 5.71. The molecule has 0 unspecified atom stereocenters. The molecule has 0 radical (unpaired) electrons. The zero-order valence-electron chi connectivity index (χ0n) is 10.2. The highest BCUT2D eigenvalue weighted by Crippen LogP contribution is 2.07. The zero-order valence-corrected chi connectivity index (χ0v) is 10.2. The van der Waals surface area contributed by atoms with Gasteiger partial charge in [-0.3, -0.25) is 4.79 Å². The summed E-state index contributed by atoms with van der Waals surface area (Å²) >= 11 is 0. The summed E-state index contributed by atoms with van der Waals surface area (Å²) in [6, 6.07) is 11.2. The number of amides is 1. The van der Waals surface area contributed by atoms with Crippen molar-refractivity contribution in [3.05, 3.63) is 59.3 Å². The first-order chi connectivity index (χ1) is 8.66. The number of anilines is 1. The van der Waals surface area contributed by atoms with E-state index in [0.29, 0.717) is 17.9 Å². The Balaban J connectivity index is 2.03. The molecule has 0 saturated heterocycles. The van der Waals surface area contributed by atoms with Gasteiger partial charge in [-0.05, 0) is 30.2 Å². The minimum absolute atomic E-state index is 0.146. The van der Waals surface area contributed by atoms with E-state index < -0.39 is 0 Å². The summed E-state index contributed by atoms with van der Waals surface area (Å²) in [4.78, 5) is 15.7. The molecule has 2 rings (SSSR count). The molecule has 0 fully saturated rings. The van der Waals surface area contributed by atoms with Crippen LogP contribution in [-0.4, -0.2) is 10.9 Å². The summed E-state index contributed by atoms with van der Waals surface area (Å²) < 4.78 is 0. The number of aryl methyl sites for hydroxylation is 1. The summed E-state index contributed by atoms with van der Waals surface area (Å²) in [5.41, 5.74) is 8.32. The maximum absolute atomic E-state index is 11.9. The van der Waals surface area contributed by atoms with Crippen LogP contribution in [0.3, 0.4) is 0 Å². The molecule has 92 valence electrons. The van der Waals surface area contributed by atoms with E-state index in [9.17, 15) is 4.79 Å². The topological polar surface area (TPSA) is 68.0 Å². The molecule has 3 N–H and O–H groups in total. The van der Waals surface area contributed by atoms with E-state index in [4.69, 9.17) is 5.73 Å². The van der Waals surface area contributed by atoms with Crippen LogP contribution in [0.5, 0.6) is 0 Å². The Hall–Kier alpha value is -2.36. The van der Waals surface area contributed by atoms with Crippen LogP contribution in [0.1, 0.15) is 21.5 Å². The second-order valence-electron chi connectivity index (χ2n) is 4.08. The predicted octanol–water partition coefficient (Wildman–Crippen LogP) is 1.90. The average Bonchev–Trinajstić information content (AvgIpc) is 2.37. The van der Waals surface area contributed by atoms with Crippen LogP contribution >= 0.6 is 0 Å². The van der Waals surface area contributed by atoms with Gasteiger partial charge in [-0.15, -0.1) is 0 Å². The Labute approximate surface area is 106 Å². The molecule has 0 bridgehead atoms. The summed E-state index contributed by atoms with van der Waals surface area (Å²) in [7, 11) is 0. The van der Waals surface area contributed by atoms with Crippen LogP contribution in [0.15, 0.2) is 42.6 Å². The number of nitrogens with two attached hydrogens (primary N) is 1. The highest BCUT2D eigenvalue weighted by atomic mass is 16.1. The van der Waals surface area contributed by atoms with Crippen molar-refractivity contribution in [1.29, 1.82) is 0 Å². The molecule has 0 atom stereocenters. The van der Waals surface area contributed by atoms with E-state index in [1.807, 2.05) is 31.2 Å². The summed E-state index contributed by atoms with van der Waals surface area (Å²) in [6.45, 7) is 2.53. The van der Waals surface area contributed by atoms with Crippen LogP contribution in [0.4, 0.5) is 5.82 Å². The Kier molecular flexibility index (Phi) is 3.57. The molecule has 0 aliphatic rings. The fourth-order valence-electron chi connectivity index (χ4n) is 1.68. The number of nitrogen functional groups attached to an aromatic ring is 1. The minimum Gasteiger partial charge on any atom is -0.384 e. The lowest BCUT2D eigenvalue weighted by Crippen LogP contribution is -2.23. The van der Waals surface area contributed by atoms with E-state index in [0.717, 1.165) is 11.1 Å². The standard InChI is InChI=1S/C14H15N3O/c1-10-4-2-3-5-12(10)9-17-14(18)11-6-7-16-13(15)8-11/h2-8H,9H2,1H3,(H2,15,16)(H,17,18). The summed E-state index contributed by atoms with van der Waals surface area (Å²) in [5, 5.41) is 2.86. The molecule has 0 saturated carbocycles. The molecule has 0 aliphatic heterocycles. The van der Waals surface area contributed by atoms with Crippen LogP contribution < -0.4 is 11.1 Å². The molecule has 1 heterocycles. The van der Waals surface area contributed by atoms with E-state index in [2.05, 4.69) is 10.3 Å². The van der Waals surface area contributed by atoms with E-state index in [-0.39, 0.29) is 5.91 Å². The normalized spacial score (nSPS) is 10.1. The molecule has 1 aromatic heterocycles. The van der Waals surface area contributed by atoms with E-state index in [1.54, 1.807) is 12.1 Å². The maximum atomic E-state index is 11.9. The van der Waals surface area contributed by atoms with Gasteiger partial charge in [0.15, 0.2) is 0 Å². The van der Waals surface area contributed by atoms with Gasteiger partial charge in [-0.25, -0.2) is 4.98 Å². The van der Waals surface area contributed by atoms with Gasteiger partial charge in [-0.2, -0.15) is 0 Å². The maximum Gasteiger partial charge on any atom is 0.251 e. The highest BCUT2D eigenvalue weighted by Gasteiger charge is 2.06. The Morgan fingerprint density at radius 3 is 2.83 bits per heavy atom. The van der Waals surface area contributed by atoms with Crippen LogP contribution in [0, 0.1) is 6.92 Å². The smallest absolute Gasteiger partial charge is 0.251 e. The largest absolute Gasteiger partial charge is 0.384 e. The van der Waals surface area contributed by atoms with Gasteiger partial charge in [0.05, 0.1) is 0 Å². The number of nitrogens with one attached hydrogen (secondary N) is 1. The fourth-order valence-corrected chi connectivity index (χ4v) is 1.68. The second kappa shape index (κ2) is 5.31. The number of benzene rings is 1. The molecule has 0 aliphatic carbocycles. The number of hydrogen-bond donors (Lipinski definition) is 2. The molecule has 1 amide bonds. The van der Waals surface area contributed by atoms with Crippen LogP contribution in [0.2, 0.25) is 0 Å². The Bertz CT molecular complexity index is 566. The van der Waals surface area contributed by atoms with Crippen LogP contribution in [-0.2, 0) is 6.54 Å². The molecule has 1 aromatic carbocycles. The van der Waals surface area contributed by atoms with Gasteiger partial charge in [0.2, 0.25) is 0 Å². The number of pyridine rings is 1. The summed E-state index contributed by atoms with van der Waals surface area (Å²) in [5.74, 6) is 0.200. The van der Waals surface area contributed by atoms with Crippen molar-refractivity contribution in [2.45, 2.75) is 13.5 Å². The van der Waals surface area contributed by atoms with Crippen molar-refractivity contribution < 1.29 is 4.79 Å². The van der Waals surface area contributed by atoms with Gasteiger partial charge in [0.25, 0.3) is 5.91 Å². The Morgan fingerprint density at radius 2 is 2.11 bits per heavy atom. The number of carbonyl (C=O) groups is 1. The number of aromatic nitrogens is 1. The zero-order chi connectivity index (χ0) is 13.0. The Morgan fingerprint density at radius 1 is 1.33 bits per heavy atom.